The van der Waals surface area contributed by atoms with E-state index in [1.807, 2.05) is 30.3 Å². The summed E-state index contributed by atoms with van der Waals surface area (Å²) in [6.45, 7) is 1.84. The van der Waals surface area contributed by atoms with Gasteiger partial charge in [0.1, 0.15) is 0 Å². The number of hydrogen-bond donors (Lipinski definition) is 1. The molecule has 0 amide bonds. The molecule has 1 N–H and O–H groups in total. The highest BCUT2D eigenvalue weighted by Gasteiger charge is 2.45. The number of benzene rings is 1. The molecule has 7 heteroatoms. The number of likely N-dealkylation sites (tertiary alicyclic amines) is 1. The average molecular weight is 349 g/mol. The van der Waals surface area contributed by atoms with Crippen LogP contribution >= 0.6 is 0 Å². The van der Waals surface area contributed by atoms with Crippen LogP contribution in [0.4, 0.5) is 8.78 Å². The van der Waals surface area contributed by atoms with Gasteiger partial charge in [-0.15, -0.1) is 0 Å². The molecule has 1 saturated heterocycles. The fourth-order valence-corrected chi connectivity index (χ4v) is 3.78. The maximum atomic E-state index is 13.4. The Morgan fingerprint density at radius 1 is 1.24 bits per heavy atom. The molecule has 1 aliphatic heterocycles. The predicted molar refractivity (Wildman–Crippen MR) is 86.1 cm³/mol. The highest BCUT2D eigenvalue weighted by molar-refractivity contribution is 5.15. The van der Waals surface area contributed by atoms with Gasteiger partial charge >= 0.3 is 0 Å². The molecular weight excluding hydrogens is 328 g/mol. The van der Waals surface area contributed by atoms with Gasteiger partial charge in [0.05, 0.1) is 0 Å². The smallest absolute Gasteiger partial charge is 0.260 e. The van der Waals surface area contributed by atoms with E-state index in [1.165, 1.54) is 5.56 Å². The Labute approximate surface area is 144 Å². The van der Waals surface area contributed by atoms with Crippen LogP contribution in [-0.2, 0) is 12.1 Å². The number of rotatable bonds is 4. The van der Waals surface area contributed by atoms with E-state index >= 15 is 0 Å². The number of halogens is 2. The van der Waals surface area contributed by atoms with Gasteiger partial charge in [-0.25, -0.2) is 8.78 Å². The monoisotopic (exact) mass is 349 g/mol. The molecule has 1 aromatic heterocycles. The quantitative estimate of drug-likeness (QED) is 0.919. The van der Waals surface area contributed by atoms with Crippen LogP contribution in [0.3, 0.4) is 0 Å². The Bertz CT molecular complexity index is 737. The lowest BCUT2D eigenvalue weighted by Gasteiger charge is -2.19. The maximum absolute atomic E-state index is 13.4. The molecule has 4 rings (SSSR count). The summed E-state index contributed by atoms with van der Waals surface area (Å²) in [6, 6.07) is 10.0. The molecule has 25 heavy (non-hydrogen) atoms. The van der Waals surface area contributed by atoms with E-state index in [0.29, 0.717) is 31.8 Å². The van der Waals surface area contributed by atoms with Crippen molar-refractivity contribution in [3.8, 4) is 0 Å². The minimum absolute atomic E-state index is 0.142. The van der Waals surface area contributed by atoms with Gasteiger partial charge in [0.2, 0.25) is 5.92 Å². The van der Waals surface area contributed by atoms with Crippen molar-refractivity contribution in [3.63, 3.8) is 0 Å². The highest BCUT2D eigenvalue weighted by Crippen LogP contribution is 2.43. The second-order valence-corrected chi connectivity index (χ2v) is 7.23. The number of β-amino-alcohol motifs (C(OH)–C–C–N with tert-alkyl or cyclic N) is 1. The van der Waals surface area contributed by atoms with Gasteiger partial charge in [0.25, 0.3) is 5.89 Å². The molecule has 2 aliphatic rings. The Balaban J connectivity index is 1.43. The lowest BCUT2D eigenvalue weighted by molar-refractivity contribution is 0.00744. The number of aliphatic hydroxyl groups is 1. The molecule has 0 bridgehead atoms. The summed E-state index contributed by atoms with van der Waals surface area (Å²) in [5.74, 6) is -2.60. The van der Waals surface area contributed by atoms with Crippen molar-refractivity contribution in [2.24, 2.45) is 0 Å². The van der Waals surface area contributed by atoms with Gasteiger partial charge in [-0.1, -0.05) is 35.5 Å². The summed E-state index contributed by atoms with van der Waals surface area (Å²) in [5, 5.41) is 14.7. The van der Waals surface area contributed by atoms with Crippen molar-refractivity contribution in [2.45, 2.75) is 49.7 Å². The molecular formula is C18H21F2N3O2. The maximum Gasteiger partial charge on any atom is 0.260 e. The number of nitrogens with zero attached hydrogens (tertiary/aromatic N) is 3. The molecule has 5 nitrogen and oxygen atoms in total. The Kier molecular flexibility index (Phi) is 4.08. The van der Waals surface area contributed by atoms with Crippen LogP contribution in [-0.4, -0.2) is 39.2 Å². The minimum atomic E-state index is -2.65. The second kappa shape index (κ2) is 6.14. The third-order valence-corrected chi connectivity index (χ3v) is 5.18. The molecule has 1 aliphatic carbocycles. The summed E-state index contributed by atoms with van der Waals surface area (Å²) in [6.07, 6.45) is 0.452. The molecule has 2 fully saturated rings. The third-order valence-electron chi connectivity index (χ3n) is 5.18. The minimum Gasteiger partial charge on any atom is -0.379 e. The van der Waals surface area contributed by atoms with E-state index < -0.39 is 17.4 Å². The first-order chi connectivity index (χ1) is 11.9. The Morgan fingerprint density at radius 2 is 2.04 bits per heavy atom. The van der Waals surface area contributed by atoms with E-state index in [0.717, 1.165) is 6.54 Å². The van der Waals surface area contributed by atoms with E-state index in [-0.39, 0.29) is 18.7 Å². The zero-order valence-corrected chi connectivity index (χ0v) is 13.9. The van der Waals surface area contributed by atoms with Gasteiger partial charge in [-0.05, 0) is 18.4 Å². The number of hydrogen-bond acceptors (Lipinski definition) is 5. The van der Waals surface area contributed by atoms with Crippen LogP contribution in [0.15, 0.2) is 34.9 Å². The van der Waals surface area contributed by atoms with Crippen molar-refractivity contribution in [1.29, 1.82) is 0 Å². The van der Waals surface area contributed by atoms with Crippen LogP contribution in [0.1, 0.15) is 48.9 Å². The number of aromatic nitrogens is 2. The van der Waals surface area contributed by atoms with E-state index in [4.69, 9.17) is 4.52 Å². The summed E-state index contributed by atoms with van der Waals surface area (Å²) < 4.78 is 32.0. The van der Waals surface area contributed by atoms with Crippen LogP contribution in [0, 0.1) is 0 Å². The SMILES string of the molecule is OC1(c2nc(C3CCC(F)(F)C3)no2)CCN(Cc2ccccc2)C1. The normalized spacial score (nSPS) is 29.3. The molecule has 0 radical (unpaired) electrons. The van der Waals surface area contributed by atoms with Crippen LogP contribution < -0.4 is 0 Å². The first kappa shape index (κ1) is 16.6. The number of alkyl halides is 2. The summed E-state index contributed by atoms with van der Waals surface area (Å²) in [7, 11) is 0. The molecule has 2 unspecified atom stereocenters. The van der Waals surface area contributed by atoms with E-state index in [1.54, 1.807) is 0 Å². The van der Waals surface area contributed by atoms with Crippen molar-refractivity contribution < 1.29 is 18.4 Å². The lowest BCUT2D eigenvalue weighted by atomic mass is 10.0. The zero-order chi connectivity index (χ0) is 17.5. The summed E-state index contributed by atoms with van der Waals surface area (Å²) in [4.78, 5) is 6.39. The Morgan fingerprint density at radius 3 is 2.76 bits per heavy atom. The first-order valence-electron chi connectivity index (χ1n) is 8.64. The predicted octanol–water partition coefficient (Wildman–Crippen LogP) is 3.07. The molecule has 134 valence electrons. The van der Waals surface area contributed by atoms with Crippen molar-refractivity contribution in [3.05, 3.63) is 47.6 Å². The molecule has 0 spiro atoms. The standard InChI is InChI=1S/C18H21F2N3O2/c19-18(20)7-6-14(10-18)15-21-16(25-22-15)17(24)8-9-23(12-17)11-13-4-2-1-3-5-13/h1-5,14,24H,6-12H2. The molecule has 2 aromatic rings. The summed E-state index contributed by atoms with van der Waals surface area (Å²) in [5.41, 5.74) is -0.0348. The Hall–Kier alpha value is -1.86. The van der Waals surface area contributed by atoms with Gasteiger partial charge < -0.3 is 9.63 Å². The molecule has 1 saturated carbocycles. The summed E-state index contributed by atoms with van der Waals surface area (Å²) >= 11 is 0. The second-order valence-electron chi connectivity index (χ2n) is 7.23. The zero-order valence-electron chi connectivity index (χ0n) is 13.9. The van der Waals surface area contributed by atoms with Crippen LogP contribution in [0.2, 0.25) is 0 Å². The molecule has 1 aromatic carbocycles. The fraction of sp³-hybridized carbons (Fsp3) is 0.556. The van der Waals surface area contributed by atoms with Crippen LogP contribution in [0.5, 0.6) is 0 Å². The van der Waals surface area contributed by atoms with Gasteiger partial charge in [-0.2, -0.15) is 4.98 Å². The topological polar surface area (TPSA) is 62.4 Å². The van der Waals surface area contributed by atoms with Gasteiger partial charge in [0, 0.05) is 38.4 Å². The fourth-order valence-electron chi connectivity index (χ4n) is 3.78. The molecule has 2 heterocycles. The largest absolute Gasteiger partial charge is 0.379 e. The third kappa shape index (κ3) is 3.43. The molecule has 2 atom stereocenters. The van der Waals surface area contributed by atoms with Gasteiger partial charge in [0.15, 0.2) is 11.4 Å². The lowest BCUT2D eigenvalue weighted by Crippen LogP contribution is -2.31. The van der Waals surface area contributed by atoms with Crippen molar-refractivity contribution in [2.75, 3.05) is 13.1 Å². The van der Waals surface area contributed by atoms with Gasteiger partial charge in [-0.3, -0.25) is 4.90 Å². The highest BCUT2D eigenvalue weighted by atomic mass is 19.3. The van der Waals surface area contributed by atoms with Crippen molar-refractivity contribution >= 4 is 0 Å². The average Bonchev–Trinajstić information content (AvgIpc) is 3.28. The first-order valence-corrected chi connectivity index (χ1v) is 8.64. The van der Waals surface area contributed by atoms with E-state index in [9.17, 15) is 13.9 Å². The van der Waals surface area contributed by atoms with E-state index in [2.05, 4.69) is 15.0 Å². The van der Waals surface area contributed by atoms with Crippen molar-refractivity contribution in [1.82, 2.24) is 15.0 Å². The van der Waals surface area contributed by atoms with Crippen LogP contribution in [0.25, 0.3) is 0 Å².